The number of thiol groups is 1. The van der Waals surface area contributed by atoms with Crippen LogP contribution in [0.5, 0.6) is 0 Å². The molecule has 0 fully saturated rings. The van der Waals surface area contributed by atoms with Gasteiger partial charge in [-0.1, -0.05) is 22.0 Å². The molecule has 0 spiro atoms. The summed E-state index contributed by atoms with van der Waals surface area (Å²) in [6.45, 7) is 0. The van der Waals surface area contributed by atoms with Crippen molar-refractivity contribution >= 4 is 34.3 Å². The molecule has 0 bridgehead atoms. The highest BCUT2D eigenvalue weighted by Gasteiger charge is 2.33. The van der Waals surface area contributed by atoms with Crippen LogP contribution in [0.2, 0.25) is 0 Å². The Labute approximate surface area is 105 Å². The van der Waals surface area contributed by atoms with E-state index in [1.165, 1.54) is 12.1 Å². The Morgan fingerprint density at radius 3 is 2.50 bits per heavy atom. The van der Waals surface area contributed by atoms with E-state index in [4.69, 9.17) is 0 Å². The van der Waals surface area contributed by atoms with Crippen LogP contribution >= 0.6 is 28.6 Å². The minimum Gasteiger partial charge on any atom is -0.298 e. The number of benzene rings is 1. The van der Waals surface area contributed by atoms with E-state index in [2.05, 4.69) is 28.6 Å². The summed E-state index contributed by atoms with van der Waals surface area (Å²) in [6, 6.07) is 3.76. The highest BCUT2D eigenvalue weighted by atomic mass is 79.9. The zero-order chi connectivity index (χ0) is 12.3. The standard InChI is InChI=1S/C10H8BrF3OS/c11-9-2-1-6(3-7(15)5-16)4-8(9)10(12,13)14/h1-2,4,16H,3,5H2. The van der Waals surface area contributed by atoms with Crippen LogP contribution in [0.25, 0.3) is 0 Å². The van der Waals surface area contributed by atoms with Crippen molar-refractivity contribution in [3.63, 3.8) is 0 Å². The maximum atomic E-state index is 12.5. The lowest BCUT2D eigenvalue weighted by Crippen LogP contribution is -2.09. The molecule has 0 aliphatic carbocycles. The van der Waals surface area contributed by atoms with Gasteiger partial charge in [0.25, 0.3) is 0 Å². The second-order valence-electron chi connectivity index (χ2n) is 3.19. The molecular formula is C10H8BrF3OS. The molecule has 0 aliphatic rings. The summed E-state index contributed by atoms with van der Waals surface area (Å²) in [5, 5.41) is 0. The average Bonchev–Trinajstić information content (AvgIpc) is 2.19. The van der Waals surface area contributed by atoms with Gasteiger partial charge in [0.05, 0.1) is 5.56 Å². The summed E-state index contributed by atoms with van der Waals surface area (Å²) < 4.78 is 37.5. The molecule has 0 amide bonds. The van der Waals surface area contributed by atoms with Crippen molar-refractivity contribution in [2.24, 2.45) is 0 Å². The number of ketones is 1. The molecule has 16 heavy (non-hydrogen) atoms. The van der Waals surface area contributed by atoms with E-state index in [1.54, 1.807) is 0 Å². The Hall–Kier alpha value is -0.490. The van der Waals surface area contributed by atoms with Crippen molar-refractivity contribution in [2.75, 3.05) is 5.75 Å². The molecule has 0 radical (unpaired) electrons. The monoisotopic (exact) mass is 312 g/mol. The molecule has 0 aromatic heterocycles. The molecular weight excluding hydrogens is 305 g/mol. The average molecular weight is 313 g/mol. The summed E-state index contributed by atoms with van der Waals surface area (Å²) in [5.41, 5.74) is -0.425. The fourth-order valence-corrected chi connectivity index (χ4v) is 1.77. The van der Waals surface area contributed by atoms with E-state index in [0.717, 1.165) is 6.07 Å². The van der Waals surface area contributed by atoms with Crippen molar-refractivity contribution in [1.82, 2.24) is 0 Å². The van der Waals surface area contributed by atoms with Gasteiger partial charge >= 0.3 is 6.18 Å². The van der Waals surface area contributed by atoms with Crippen LogP contribution in [-0.2, 0) is 17.4 Å². The van der Waals surface area contributed by atoms with Gasteiger partial charge in [-0.3, -0.25) is 4.79 Å². The van der Waals surface area contributed by atoms with Gasteiger partial charge in [-0.2, -0.15) is 25.8 Å². The number of carbonyl (C=O) groups is 1. The fourth-order valence-electron chi connectivity index (χ4n) is 1.18. The summed E-state index contributed by atoms with van der Waals surface area (Å²) >= 11 is 6.60. The zero-order valence-corrected chi connectivity index (χ0v) is 10.5. The summed E-state index contributed by atoms with van der Waals surface area (Å²) in [6.07, 6.45) is -4.45. The van der Waals surface area contributed by atoms with Crippen molar-refractivity contribution in [3.8, 4) is 0 Å². The van der Waals surface area contributed by atoms with Crippen LogP contribution < -0.4 is 0 Å². The molecule has 0 saturated heterocycles. The fraction of sp³-hybridized carbons (Fsp3) is 0.300. The van der Waals surface area contributed by atoms with E-state index in [1.807, 2.05) is 0 Å². The van der Waals surface area contributed by atoms with Gasteiger partial charge < -0.3 is 0 Å². The van der Waals surface area contributed by atoms with Crippen LogP contribution in [0.4, 0.5) is 13.2 Å². The van der Waals surface area contributed by atoms with Crippen LogP contribution in [0.1, 0.15) is 11.1 Å². The lowest BCUT2D eigenvalue weighted by Gasteiger charge is -2.10. The van der Waals surface area contributed by atoms with E-state index in [9.17, 15) is 18.0 Å². The number of halogens is 4. The molecule has 0 unspecified atom stereocenters. The predicted molar refractivity (Wildman–Crippen MR) is 61.7 cm³/mol. The van der Waals surface area contributed by atoms with Crippen molar-refractivity contribution < 1.29 is 18.0 Å². The Bertz CT molecular complexity index is 404. The van der Waals surface area contributed by atoms with Crippen LogP contribution in [0, 0.1) is 0 Å². The lowest BCUT2D eigenvalue weighted by atomic mass is 10.1. The van der Waals surface area contributed by atoms with Gasteiger partial charge in [0.1, 0.15) is 5.78 Å². The second-order valence-corrected chi connectivity index (χ2v) is 4.36. The van der Waals surface area contributed by atoms with Gasteiger partial charge in [-0.25, -0.2) is 0 Å². The number of rotatable bonds is 3. The largest absolute Gasteiger partial charge is 0.417 e. The lowest BCUT2D eigenvalue weighted by molar-refractivity contribution is -0.138. The normalized spacial score (nSPS) is 11.6. The third-order valence-corrected chi connectivity index (χ3v) is 2.96. The molecule has 0 N–H and O–H groups in total. The first-order valence-corrected chi connectivity index (χ1v) is 5.75. The Morgan fingerprint density at radius 2 is 2.00 bits per heavy atom. The third kappa shape index (κ3) is 3.52. The summed E-state index contributed by atoms with van der Waals surface area (Å²) in [7, 11) is 0. The molecule has 88 valence electrons. The third-order valence-electron chi connectivity index (χ3n) is 1.91. The van der Waals surface area contributed by atoms with E-state index < -0.39 is 11.7 Å². The van der Waals surface area contributed by atoms with E-state index in [-0.39, 0.29) is 22.4 Å². The van der Waals surface area contributed by atoms with E-state index >= 15 is 0 Å². The molecule has 0 atom stereocenters. The molecule has 1 rings (SSSR count). The molecule has 1 aromatic rings. The minimum absolute atomic E-state index is 0.0252. The van der Waals surface area contributed by atoms with Gasteiger partial charge in [0.15, 0.2) is 0 Å². The Kier molecular flexibility index (Phi) is 4.43. The van der Waals surface area contributed by atoms with E-state index in [0.29, 0.717) is 5.56 Å². The topological polar surface area (TPSA) is 17.1 Å². The van der Waals surface area contributed by atoms with Gasteiger partial charge in [0, 0.05) is 16.6 Å². The summed E-state index contributed by atoms with van der Waals surface area (Å²) in [5.74, 6) is -0.184. The first kappa shape index (κ1) is 13.6. The Balaban J connectivity index is 3.03. The highest BCUT2D eigenvalue weighted by molar-refractivity contribution is 9.10. The van der Waals surface area contributed by atoms with Crippen molar-refractivity contribution in [1.29, 1.82) is 0 Å². The van der Waals surface area contributed by atoms with Crippen molar-refractivity contribution in [3.05, 3.63) is 33.8 Å². The molecule has 1 aromatic carbocycles. The number of carbonyl (C=O) groups excluding carboxylic acids is 1. The molecule has 0 aliphatic heterocycles. The van der Waals surface area contributed by atoms with Crippen LogP contribution in [-0.4, -0.2) is 11.5 Å². The van der Waals surface area contributed by atoms with Crippen LogP contribution in [0.3, 0.4) is 0 Å². The number of hydrogen-bond acceptors (Lipinski definition) is 2. The molecule has 6 heteroatoms. The molecule has 0 heterocycles. The van der Waals surface area contributed by atoms with Gasteiger partial charge in [-0.05, 0) is 17.7 Å². The first-order chi connectivity index (χ1) is 7.34. The Morgan fingerprint density at radius 1 is 1.38 bits per heavy atom. The number of hydrogen-bond donors (Lipinski definition) is 1. The minimum atomic E-state index is -4.42. The predicted octanol–water partition coefficient (Wildman–Crippen LogP) is 3.51. The second kappa shape index (κ2) is 5.23. The van der Waals surface area contributed by atoms with Crippen LogP contribution in [0.15, 0.2) is 22.7 Å². The number of alkyl halides is 3. The summed E-state index contributed by atoms with van der Waals surface area (Å²) in [4.78, 5) is 11.1. The van der Waals surface area contributed by atoms with Gasteiger partial charge in [0.2, 0.25) is 0 Å². The maximum Gasteiger partial charge on any atom is 0.417 e. The quantitative estimate of drug-likeness (QED) is 0.845. The molecule has 0 saturated carbocycles. The molecule has 1 nitrogen and oxygen atoms in total. The van der Waals surface area contributed by atoms with Crippen molar-refractivity contribution in [2.45, 2.75) is 12.6 Å². The first-order valence-electron chi connectivity index (χ1n) is 4.32. The zero-order valence-electron chi connectivity index (χ0n) is 8.01. The smallest absolute Gasteiger partial charge is 0.298 e. The van der Waals surface area contributed by atoms with Gasteiger partial charge in [-0.15, -0.1) is 0 Å². The maximum absolute atomic E-state index is 12.5. The SMILES string of the molecule is O=C(CS)Cc1ccc(Br)c(C(F)(F)F)c1. The number of Topliss-reactive ketones (excluding diaryl/α,β-unsaturated/α-hetero) is 1. The highest BCUT2D eigenvalue weighted by Crippen LogP contribution is 2.35.